The molecular weight excluding hydrogens is 190 g/mol. The van der Waals surface area contributed by atoms with Gasteiger partial charge in [-0.25, -0.2) is 0 Å². The SMILES string of the molecule is COCC1(c2[c]cccc2)CNCCO1. The van der Waals surface area contributed by atoms with Crippen LogP contribution in [0.2, 0.25) is 0 Å². The van der Waals surface area contributed by atoms with Crippen molar-refractivity contribution in [3.8, 4) is 0 Å². The maximum Gasteiger partial charge on any atom is 0.129 e. The molecule has 1 aliphatic heterocycles. The van der Waals surface area contributed by atoms with Gasteiger partial charge in [0.2, 0.25) is 0 Å². The summed E-state index contributed by atoms with van der Waals surface area (Å²) in [4.78, 5) is 0. The van der Waals surface area contributed by atoms with Gasteiger partial charge in [0.1, 0.15) is 5.60 Å². The van der Waals surface area contributed by atoms with E-state index in [1.54, 1.807) is 7.11 Å². The Hall–Kier alpha value is -0.900. The number of methoxy groups -OCH3 is 1. The Morgan fingerprint density at radius 3 is 3.13 bits per heavy atom. The minimum absolute atomic E-state index is 0.367. The number of hydrogen-bond acceptors (Lipinski definition) is 3. The van der Waals surface area contributed by atoms with Crippen LogP contribution in [0.25, 0.3) is 0 Å². The molecule has 1 fully saturated rings. The zero-order valence-electron chi connectivity index (χ0n) is 8.95. The van der Waals surface area contributed by atoms with Crippen LogP contribution in [0.3, 0.4) is 0 Å². The van der Waals surface area contributed by atoms with E-state index in [1.165, 1.54) is 0 Å². The smallest absolute Gasteiger partial charge is 0.129 e. The second-order valence-electron chi connectivity index (χ2n) is 3.73. The van der Waals surface area contributed by atoms with E-state index in [9.17, 15) is 0 Å². The van der Waals surface area contributed by atoms with E-state index < -0.39 is 0 Å². The average molecular weight is 206 g/mol. The molecule has 0 bridgehead atoms. The zero-order valence-corrected chi connectivity index (χ0v) is 8.95. The molecule has 1 aliphatic rings. The lowest BCUT2D eigenvalue weighted by Crippen LogP contribution is -2.50. The molecule has 0 spiro atoms. The summed E-state index contributed by atoms with van der Waals surface area (Å²) in [5.41, 5.74) is 0.688. The molecule has 2 rings (SSSR count). The predicted octanol–water partition coefficient (Wildman–Crippen LogP) is 0.948. The Morgan fingerprint density at radius 2 is 2.53 bits per heavy atom. The van der Waals surface area contributed by atoms with Gasteiger partial charge in [0.25, 0.3) is 0 Å². The third kappa shape index (κ3) is 2.20. The molecule has 1 atom stereocenters. The Morgan fingerprint density at radius 1 is 1.60 bits per heavy atom. The first-order chi connectivity index (χ1) is 7.37. The molecule has 0 aromatic heterocycles. The number of benzene rings is 1. The van der Waals surface area contributed by atoms with E-state index in [4.69, 9.17) is 9.47 Å². The Bertz CT molecular complexity index is 288. The van der Waals surface area contributed by atoms with Crippen LogP contribution in [0.5, 0.6) is 0 Å². The van der Waals surface area contributed by atoms with Crippen molar-refractivity contribution in [2.75, 3.05) is 33.4 Å². The molecule has 3 nitrogen and oxygen atoms in total. The fourth-order valence-corrected chi connectivity index (χ4v) is 1.91. The molecule has 1 N–H and O–H groups in total. The van der Waals surface area contributed by atoms with Crippen LogP contribution in [0.4, 0.5) is 0 Å². The molecule has 1 radical (unpaired) electrons. The van der Waals surface area contributed by atoms with Gasteiger partial charge in [-0.2, -0.15) is 0 Å². The highest BCUT2D eigenvalue weighted by Crippen LogP contribution is 2.26. The van der Waals surface area contributed by atoms with Crippen LogP contribution in [0.1, 0.15) is 5.56 Å². The fraction of sp³-hybridized carbons (Fsp3) is 0.500. The quantitative estimate of drug-likeness (QED) is 0.798. The van der Waals surface area contributed by atoms with Crippen LogP contribution in [0, 0.1) is 6.07 Å². The van der Waals surface area contributed by atoms with E-state index >= 15 is 0 Å². The first-order valence-electron chi connectivity index (χ1n) is 5.18. The highest BCUT2D eigenvalue weighted by Gasteiger charge is 2.35. The van der Waals surface area contributed by atoms with Gasteiger partial charge in [-0.1, -0.05) is 24.3 Å². The van der Waals surface area contributed by atoms with E-state index in [0.717, 1.165) is 18.7 Å². The summed E-state index contributed by atoms with van der Waals surface area (Å²) in [5, 5.41) is 3.33. The largest absolute Gasteiger partial charge is 0.381 e. The molecule has 0 amide bonds. The van der Waals surface area contributed by atoms with Crippen molar-refractivity contribution in [3.05, 3.63) is 35.9 Å². The lowest BCUT2D eigenvalue weighted by Gasteiger charge is -2.37. The molecule has 0 aliphatic carbocycles. The first-order valence-corrected chi connectivity index (χ1v) is 5.18. The topological polar surface area (TPSA) is 30.5 Å². The summed E-state index contributed by atoms with van der Waals surface area (Å²) in [7, 11) is 1.70. The molecule has 1 heterocycles. The lowest BCUT2D eigenvalue weighted by molar-refractivity contribution is -0.110. The van der Waals surface area contributed by atoms with Gasteiger partial charge >= 0.3 is 0 Å². The van der Waals surface area contributed by atoms with Gasteiger partial charge < -0.3 is 14.8 Å². The summed E-state index contributed by atoms with van der Waals surface area (Å²) < 4.78 is 11.1. The van der Waals surface area contributed by atoms with Crippen LogP contribution in [0.15, 0.2) is 24.3 Å². The van der Waals surface area contributed by atoms with Crippen molar-refractivity contribution in [1.82, 2.24) is 5.32 Å². The molecule has 1 saturated heterocycles. The zero-order chi connectivity index (χ0) is 10.6. The van der Waals surface area contributed by atoms with Crippen molar-refractivity contribution in [2.24, 2.45) is 0 Å². The van der Waals surface area contributed by atoms with Gasteiger partial charge in [-0.15, -0.1) is 0 Å². The first kappa shape index (κ1) is 10.6. The third-order valence-electron chi connectivity index (χ3n) is 2.65. The molecule has 1 unspecified atom stereocenters. The normalized spacial score (nSPS) is 26.5. The van der Waals surface area contributed by atoms with Crippen molar-refractivity contribution >= 4 is 0 Å². The second-order valence-corrected chi connectivity index (χ2v) is 3.73. The van der Waals surface area contributed by atoms with Crippen LogP contribution < -0.4 is 5.32 Å². The Kier molecular flexibility index (Phi) is 3.36. The maximum atomic E-state index is 5.87. The van der Waals surface area contributed by atoms with E-state index in [0.29, 0.717) is 13.2 Å². The fourth-order valence-electron chi connectivity index (χ4n) is 1.91. The van der Waals surface area contributed by atoms with Crippen LogP contribution in [-0.4, -0.2) is 33.4 Å². The molecule has 0 saturated carbocycles. The molecule has 1 aromatic carbocycles. The molecular formula is C12H16NO2. The molecule has 15 heavy (non-hydrogen) atoms. The Balaban J connectivity index is 2.25. The van der Waals surface area contributed by atoms with Gasteiger partial charge in [0.15, 0.2) is 0 Å². The number of nitrogens with one attached hydrogen (secondary N) is 1. The van der Waals surface area contributed by atoms with Crippen LogP contribution in [-0.2, 0) is 15.1 Å². The minimum Gasteiger partial charge on any atom is -0.381 e. The van der Waals surface area contributed by atoms with E-state index in [1.807, 2.05) is 24.3 Å². The van der Waals surface area contributed by atoms with Crippen molar-refractivity contribution in [2.45, 2.75) is 5.60 Å². The van der Waals surface area contributed by atoms with Crippen LogP contribution >= 0.6 is 0 Å². The third-order valence-corrected chi connectivity index (χ3v) is 2.65. The summed E-state index contributed by atoms with van der Waals surface area (Å²) in [6, 6.07) is 11.1. The van der Waals surface area contributed by atoms with Gasteiger partial charge in [-0.3, -0.25) is 0 Å². The average Bonchev–Trinajstić information content (AvgIpc) is 2.32. The van der Waals surface area contributed by atoms with Gasteiger partial charge in [0.05, 0.1) is 13.2 Å². The number of rotatable bonds is 3. The minimum atomic E-state index is -0.367. The highest BCUT2D eigenvalue weighted by molar-refractivity contribution is 5.22. The summed E-state index contributed by atoms with van der Waals surface area (Å²) in [6.07, 6.45) is 0. The summed E-state index contributed by atoms with van der Waals surface area (Å²) in [6.45, 7) is 2.95. The standard InChI is InChI=1S/C12H16NO2/c1-14-10-12(9-13-7-8-15-12)11-5-3-2-4-6-11/h2-5,13H,7-10H2,1H3. The van der Waals surface area contributed by atoms with Crippen molar-refractivity contribution in [1.29, 1.82) is 0 Å². The lowest BCUT2D eigenvalue weighted by atomic mass is 9.93. The molecule has 1 aromatic rings. The Labute approximate surface area is 90.4 Å². The number of hydrogen-bond donors (Lipinski definition) is 1. The summed E-state index contributed by atoms with van der Waals surface area (Å²) >= 11 is 0. The molecule has 81 valence electrons. The van der Waals surface area contributed by atoms with Crippen molar-refractivity contribution < 1.29 is 9.47 Å². The van der Waals surface area contributed by atoms with Gasteiger partial charge in [0, 0.05) is 20.2 Å². The summed E-state index contributed by atoms with van der Waals surface area (Å²) in [5.74, 6) is 0. The van der Waals surface area contributed by atoms with Crippen molar-refractivity contribution in [3.63, 3.8) is 0 Å². The highest BCUT2D eigenvalue weighted by atomic mass is 16.5. The number of ether oxygens (including phenoxy) is 2. The van der Waals surface area contributed by atoms with Gasteiger partial charge in [-0.05, 0) is 11.6 Å². The van der Waals surface area contributed by atoms with E-state index in [2.05, 4.69) is 11.4 Å². The van der Waals surface area contributed by atoms with E-state index in [-0.39, 0.29) is 5.60 Å². The second kappa shape index (κ2) is 4.75. The monoisotopic (exact) mass is 206 g/mol. The predicted molar refractivity (Wildman–Crippen MR) is 57.7 cm³/mol. The molecule has 3 heteroatoms. The number of morpholine rings is 1. The maximum absolute atomic E-state index is 5.87.